The molecule has 23 heavy (non-hydrogen) atoms. The zero-order valence-corrected chi connectivity index (χ0v) is 15.0. The first-order valence-corrected chi connectivity index (χ1v) is 8.64. The third-order valence-corrected chi connectivity index (χ3v) is 3.36. The molecule has 1 unspecified atom stereocenters. The molecule has 2 nitrogen and oxygen atoms in total. The first kappa shape index (κ1) is 18.9. The summed E-state index contributed by atoms with van der Waals surface area (Å²) in [6.07, 6.45) is 0.466. The van der Waals surface area contributed by atoms with Gasteiger partial charge in [-0.05, 0) is 24.5 Å². The zero-order chi connectivity index (χ0) is 17.2. The van der Waals surface area contributed by atoms with Gasteiger partial charge in [0.15, 0.2) is 0 Å². The molecule has 0 aliphatic heterocycles. The first-order valence-electron chi connectivity index (χ1n) is 7.64. The van der Waals surface area contributed by atoms with Gasteiger partial charge in [-0.15, -0.1) is 0 Å². The van der Waals surface area contributed by atoms with E-state index in [0.717, 1.165) is 23.1 Å². The first-order chi connectivity index (χ1) is 11.1. The minimum atomic E-state index is -0.343. The fourth-order valence-corrected chi connectivity index (χ4v) is 2.25. The fourth-order valence-electron chi connectivity index (χ4n) is 2.25. The van der Waals surface area contributed by atoms with Crippen LogP contribution in [0.2, 0.25) is 6.55 Å². The molecular formula is C20H23O2Si. The molecule has 2 rings (SSSR count). The van der Waals surface area contributed by atoms with Crippen molar-refractivity contribution in [2.45, 2.75) is 32.9 Å². The van der Waals surface area contributed by atoms with Gasteiger partial charge in [-0.1, -0.05) is 74.6 Å². The Morgan fingerprint density at radius 3 is 2.22 bits per heavy atom. The quantitative estimate of drug-likeness (QED) is 0.433. The Balaban J connectivity index is 0.00000127. The van der Waals surface area contributed by atoms with Crippen LogP contribution in [0.15, 0.2) is 66.7 Å². The van der Waals surface area contributed by atoms with Gasteiger partial charge in [-0.25, -0.2) is 4.79 Å². The molecule has 0 N–H and O–H groups in total. The predicted molar refractivity (Wildman–Crippen MR) is 97.4 cm³/mol. The van der Waals surface area contributed by atoms with Gasteiger partial charge in [0.25, 0.3) is 0 Å². The van der Waals surface area contributed by atoms with Crippen LogP contribution in [0.4, 0.5) is 0 Å². The van der Waals surface area contributed by atoms with E-state index in [-0.39, 0.29) is 12.1 Å². The van der Waals surface area contributed by atoms with Gasteiger partial charge in [-0.2, -0.15) is 0 Å². The van der Waals surface area contributed by atoms with Crippen molar-refractivity contribution in [1.29, 1.82) is 0 Å². The van der Waals surface area contributed by atoms with Crippen molar-refractivity contribution < 1.29 is 9.53 Å². The van der Waals surface area contributed by atoms with Crippen LogP contribution in [0, 0.1) is 0 Å². The Morgan fingerprint density at radius 2 is 1.65 bits per heavy atom. The lowest BCUT2D eigenvalue weighted by Gasteiger charge is -2.20. The fraction of sp³-hybridized carbons (Fsp3) is 0.250. The third-order valence-electron chi connectivity index (χ3n) is 3.36. The van der Waals surface area contributed by atoms with E-state index in [9.17, 15) is 4.79 Å². The number of esters is 1. The second-order valence-electron chi connectivity index (χ2n) is 5.04. The lowest BCUT2D eigenvalue weighted by Crippen LogP contribution is -2.12. The maximum atomic E-state index is 11.8. The van der Waals surface area contributed by atoms with E-state index in [4.69, 9.17) is 4.74 Å². The molecule has 3 radical (unpaired) electrons. The molecule has 119 valence electrons. The smallest absolute Gasteiger partial charge is 0.333 e. The highest BCUT2D eigenvalue weighted by atomic mass is 28.1. The molecule has 2 aromatic carbocycles. The van der Waals surface area contributed by atoms with E-state index < -0.39 is 0 Å². The standard InChI is InChI=1S/C19H20O2.CH3Si/c1-4-18(21-19(20)14(2)3)17-13-9-8-12-16(17)15-10-6-5-7-11-15;1-2/h5-13,18H,2,4H2,1,3H3;1H3. The molecular weight excluding hydrogens is 300 g/mol. The molecule has 1 atom stereocenters. The van der Waals surface area contributed by atoms with E-state index >= 15 is 0 Å². The van der Waals surface area contributed by atoms with Crippen LogP contribution < -0.4 is 0 Å². The van der Waals surface area contributed by atoms with Crippen molar-refractivity contribution in [3.05, 3.63) is 72.3 Å². The highest BCUT2D eigenvalue weighted by molar-refractivity contribution is 6.05. The minimum Gasteiger partial charge on any atom is -0.454 e. The molecule has 0 saturated carbocycles. The maximum Gasteiger partial charge on any atom is 0.333 e. The molecule has 2 aromatic rings. The highest BCUT2D eigenvalue weighted by Gasteiger charge is 2.18. The molecule has 0 aliphatic carbocycles. The summed E-state index contributed by atoms with van der Waals surface area (Å²) in [6, 6.07) is 18.2. The van der Waals surface area contributed by atoms with Crippen LogP contribution in [0.1, 0.15) is 31.9 Å². The number of rotatable bonds is 5. The van der Waals surface area contributed by atoms with Crippen molar-refractivity contribution in [3.8, 4) is 11.1 Å². The largest absolute Gasteiger partial charge is 0.454 e. The van der Waals surface area contributed by atoms with Crippen molar-refractivity contribution in [3.63, 3.8) is 0 Å². The van der Waals surface area contributed by atoms with Crippen LogP contribution >= 0.6 is 0 Å². The number of carbonyl (C=O) groups excluding carboxylic acids is 1. The number of ether oxygens (including phenoxy) is 1. The highest BCUT2D eigenvalue weighted by Crippen LogP contribution is 2.32. The zero-order valence-electron chi connectivity index (χ0n) is 14.0. The molecule has 0 saturated heterocycles. The van der Waals surface area contributed by atoms with Crippen molar-refractivity contribution in [2.75, 3.05) is 0 Å². The topological polar surface area (TPSA) is 26.3 Å². The minimum absolute atomic E-state index is 0.259. The predicted octanol–water partition coefficient (Wildman–Crippen LogP) is 5.13. The lowest BCUT2D eigenvalue weighted by molar-refractivity contribution is -0.144. The maximum absolute atomic E-state index is 11.8. The molecule has 0 bridgehead atoms. The summed E-state index contributed by atoms with van der Waals surface area (Å²) in [7, 11) is 2.97. The van der Waals surface area contributed by atoms with Gasteiger partial charge >= 0.3 is 5.97 Å². The summed E-state index contributed by atoms with van der Waals surface area (Å²) >= 11 is 0. The van der Waals surface area contributed by atoms with Gasteiger partial charge in [-0.3, -0.25) is 0 Å². The number of hydrogen-bond donors (Lipinski definition) is 0. The molecule has 0 fully saturated rings. The average Bonchev–Trinajstić information content (AvgIpc) is 2.62. The van der Waals surface area contributed by atoms with E-state index in [1.54, 1.807) is 13.5 Å². The Hall–Kier alpha value is -2.13. The van der Waals surface area contributed by atoms with Crippen molar-refractivity contribution >= 4 is 16.2 Å². The van der Waals surface area contributed by atoms with Crippen LogP contribution in [0.25, 0.3) is 11.1 Å². The Kier molecular flexibility index (Phi) is 8.06. The Labute approximate surface area is 142 Å². The summed E-state index contributed by atoms with van der Waals surface area (Å²) in [6.45, 7) is 9.12. The summed E-state index contributed by atoms with van der Waals surface area (Å²) in [5, 5.41) is 0. The Bertz CT molecular complexity index is 635. The van der Waals surface area contributed by atoms with Crippen LogP contribution in [0.5, 0.6) is 0 Å². The SMILES string of the molecule is C=C(C)C(=O)OC(CC)c1ccccc1-c1ccccc1.C[Si]. The molecule has 0 spiro atoms. The van der Waals surface area contributed by atoms with Crippen molar-refractivity contribution in [2.24, 2.45) is 0 Å². The molecule has 0 amide bonds. The van der Waals surface area contributed by atoms with Gasteiger partial charge in [0, 0.05) is 21.4 Å². The molecule has 0 aliphatic rings. The van der Waals surface area contributed by atoms with Crippen molar-refractivity contribution in [1.82, 2.24) is 0 Å². The number of benzene rings is 2. The monoisotopic (exact) mass is 323 g/mol. The van der Waals surface area contributed by atoms with Gasteiger partial charge in [0.1, 0.15) is 6.10 Å². The Morgan fingerprint density at radius 1 is 1.09 bits per heavy atom. The molecule has 0 aromatic heterocycles. The van der Waals surface area contributed by atoms with E-state index in [1.807, 2.05) is 43.3 Å². The van der Waals surface area contributed by atoms with Gasteiger partial charge in [0.05, 0.1) is 0 Å². The number of hydrogen-bond acceptors (Lipinski definition) is 2. The summed E-state index contributed by atoms with van der Waals surface area (Å²) < 4.78 is 5.57. The third kappa shape index (κ3) is 5.22. The second-order valence-corrected chi connectivity index (χ2v) is 5.04. The van der Waals surface area contributed by atoms with E-state index in [0.29, 0.717) is 5.57 Å². The number of carbonyl (C=O) groups is 1. The summed E-state index contributed by atoms with van der Waals surface area (Å²) in [5.41, 5.74) is 3.67. The normalized spacial score (nSPS) is 11.0. The van der Waals surface area contributed by atoms with Crippen LogP contribution in [0.3, 0.4) is 0 Å². The summed E-state index contributed by atoms with van der Waals surface area (Å²) in [4.78, 5) is 11.8. The van der Waals surface area contributed by atoms with Gasteiger partial charge in [0.2, 0.25) is 0 Å². The van der Waals surface area contributed by atoms with Crippen LogP contribution in [-0.2, 0) is 9.53 Å². The molecule has 0 heterocycles. The van der Waals surface area contributed by atoms with Crippen LogP contribution in [-0.4, -0.2) is 16.2 Å². The van der Waals surface area contributed by atoms with Gasteiger partial charge < -0.3 is 4.74 Å². The average molecular weight is 323 g/mol. The van der Waals surface area contributed by atoms with E-state index in [2.05, 4.69) is 35.0 Å². The summed E-state index contributed by atoms with van der Waals surface area (Å²) in [5.74, 6) is -0.343. The van der Waals surface area contributed by atoms with E-state index in [1.165, 1.54) is 0 Å². The second kappa shape index (κ2) is 9.80. The molecule has 3 heteroatoms. The lowest BCUT2D eigenvalue weighted by atomic mass is 9.95.